The maximum atomic E-state index is 14.0. The normalized spacial score (nSPS) is 14.7. The van der Waals surface area contributed by atoms with Crippen LogP contribution in [-0.4, -0.2) is 23.8 Å². The molecule has 8 nitrogen and oxygen atoms in total. The number of methoxy groups -OCH3 is 1. The summed E-state index contributed by atoms with van der Waals surface area (Å²) < 4.78 is 19.0. The molecule has 3 aromatic carbocycles. The monoisotopic (exact) mass is 579 g/mol. The van der Waals surface area contributed by atoms with Gasteiger partial charge in [-0.2, -0.15) is 5.26 Å². The number of ether oxygens (including phenoxy) is 3. The van der Waals surface area contributed by atoms with Crippen molar-refractivity contribution in [2.75, 3.05) is 7.11 Å². The minimum atomic E-state index is -0.719. The summed E-state index contributed by atoms with van der Waals surface area (Å²) in [6.45, 7) is 5.63. The highest BCUT2D eigenvalue weighted by Crippen LogP contribution is 2.32. The lowest BCUT2D eigenvalue weighted by Crippen LogP contribution is -2.40. The molecule has 5 rings (SSSR count). The van der Waals surface area contributed by atoms with Gasteiger partial charge in [-0.1, -0.05) is 53.8 Å². The van der Waals surface area contributed by atoms with Crippen LogP contribution in [0.3, 0.4) is 0 Å². The first-order valence-electron chi connectivity index (χ1n) is 13.4. The molecule has 0 saturated heterocycles. The van der Waals surface area contributed by atoms with Crippen molar-refractivity contribution in [3.8, 4) is 17.6 Å². The van der Waals surface area contributed by atoms with Crippen molar-refractivity contribution in [1.29, 1.82) is 5.26 Å². The highest BCUT2D eigenvalue weighted by Gasteiger charge is 2.33. The van der Waals surface area contributed by atoms with Crippen molar-refractivity contribution < 1.29 is 19.0 Å². The second-order valence-electron chi connectivity index (χ2n) is 9.94. The van der Waals surface area contributed by atoms with Gasteiger partial charge in [0.25, 0.3) is 5.56 Å². The number of thiazole rings is 1. The zero-order valence-corrected chi connectivity index (χ0v) is 24.5. The molecule has 4 aromatic rings. The molecule has 2 heterocycles. The molecular formula is C33H29N3O5S. The highest BCUT2D eigenvalue weighted by molar-refractivity contribution is 7.07. The lowest BCUT2D eigenvalue weighted by atomic mass is 9.96. The summed E-state index contributed by atoms with van der Waals surface area (Å²) in [5.74, 6) is 0.760. The molecule has 0 radical (unpaired) electrons. The number of nitrogens with zero attached hydrogens (tertiary/aromatic N) is 3. The molecule has 0 aliphatic carbocycles. The number of rotatable bonds is 8. The Labute approximate surface area is 247 Å². The van der Waals surface area contributed by atoms with Crippen LogP contribution >= 0.6 is 11.3 Å². The quantitative estimate of drug-likeness (QED) is 0.282. The van der Waals surface area contributed by atoms with Crippen molar-refractivity contribution in [1.82, 2.24) is 4.57 Å². The molecular weight excluding hydrogens is 550 g/mol. The Kier molecular flexibility index (Phi) is 8.36. The summed E-state index contributed by atoms with van der Waals surface area (Å²) in [5.41, 5.74) is 3.51. The summed E-state index contributed by atoms with van der Waals surface area (Å²) in [4.78, 5) is 32.4. The third-order valence-electron chi connectivity index (χ3n) is 6.70. The van der Waals surface area contributed by atoms with Crippen LogP contribution in [-0.2, 0) is 16.1 Å². The Balaban J connectivity index is 1.57. The summed E-state index contributed by atoms with van der Waals surface area (Å²) in [6.07, 6.45) is 1.45. The lowest BCUT2D eigenvalue weighted by Gasteiger charge is -2.25. The molecule has 0 N–H and O–H groups in total. The third-order valence-corrected chi connectivity index (χ3v) is 7.68. The summed E-state index contributed by atoms with van der Waals surface area (Å²) in [7, 11) is 1.58. The summed E-state index contributed by atoms with van der Waals surface area (Å²) in [6, 6.07) is 23.3. The van der Waals surface area contributed by atoms with E-state index in [0.717, 1.165) is 16.7 Å². The number of para-hydroxylation sites is 1. The molecule has 0 spiro atoms. The predicted molar refractivity (Wildman–Crippen MR) is 160 cm³/mol. The van der Waals surface area contributed by atoms with E-state index < -0.39 is 12.0 Å². The number of hydrogen-bond donors (Lipinski definition) is 0. The van der Waals surface area contributed by atoms with Gasteiger partial charge in [0.2, 0.25) is 0 Å². The number of aromatic nitrogens is 1. The molecule has 1 aromatic heterocycles. The Bertz CT molecular complexity index is 1880. The summed E-state index contributed by atoms with van der Waals surface area (Å²) >= 11 is 1.25. The molecule has 212 valence electrons. The van der Waals surface area contributed by atoms with E-state index in [9.17, 15) is 9.59 Å². The largest absolute Gasteiger partial charge is 0.497 e. The van der Waals surface area contributed by atoms with Gasteiger partial charge in [0, 0.05) is 5.56 Å². The van der Waals surface area contributed by atoms with Gasteiger partial charge in [-0.15, -0.1) is 0 Å². The van der Waals surface area contributed by atoms with E-state index in [4.69, 9.17) is 19.5 Å². The number of benzene rings is 3. The van der Waals surface area contributed by atoms with Crippen LogP contribution in [0.25, 0.3) is 6.08 Å². The van der Waals surface area contributed by atoms with Gasteiger partial charge in [0.15, 0.2) is 4.80 Å². The van der Waals surface area contributed by atoms with Gasteiger partial charge < -0.3 is 14.2 Å². The van der Waals surface area contributed by atoms with Crippen molar-refractivity contribution in [3.63, 3.8) is 0 Å². The van der Waals surface area contributed by atoms with E-state index in [1.807, 2.05) is 48.5 Å². The first kappa shape index (κ1) is 28.6. The first-order valence-corrected chi connectivity index (χ1v) is 14.2. The second-order valence-corrected chi connectivity index (χ2v) is 11.0. The van der Waals surface area contributed by atoms with E-state index in [2.05, 4.69) is 11.1 Å². The molecule has 9 heteroatoms. The number of carbonyl (C=O) groups excluding carboxylic acids is 1. The van der Waals surface area contributed by atoms with Crippen molar-refractivity contribution in [3.05, 3.63) is 126 Å². The van der Waals surface area contributed by atoms with Crippen molar-refractivity contribution >= 4 is 23.4 Å². The second kappa shape index (κ2) is 12.3. The van der Waals surface area contributed by atoms with Crippen LogP contribution in [0.1, 0.15) is 49.1 Å². The molecule has 42 heavy (non-hydrogen) atoms. The van der Waals surface area contributed by atoms with Crippen LogP contribution in [0, 0.1) is 11.3 Å². The van der Waals surface area contributed by atoms with Gasteiger partial charge in [0.1, 0.15) is 18.1 Å². The Morgan fingerprint density at radius 2 is 1.81 bits per heavy atom. The molecule has 1 aliphatic heterocycles. The molecule has 0 unspecified atom stereocenters. The van der Waals surface area contributed by atoms with E-state index >= 15 is 0 Å². The standard InChI is InChI=1S/C33H29N3O5S/c1-20(2)41-32(38)29-21(3)35-33-36(30(29)24-13-15-26(39-4)16-14-24)31(37)28(42-33)17-25-7-5-6-8-27(25)40-19-23-11-9-22(18-34)10-12-23/h5-17,20,30H,19H2,1-4H3/b28-17-/t30-/m1/s1. The number of fused-ring (bicyclic) bond motifs is 1. The molecule has 0 saturated carbocycles. The zero-order chi connectivity index (χ0) is 29.8. The highest BCUT2D eigenvalue weighted by atomic mass is 32.1. The number of hydrogen-bond acceptors (Lipinski definition) is 8. The Morgan fingerprint density at radius 1 is 1.10 bits per heavy atom. The van der Waals surface area contributed by atoms with Crippen LogP contribution < -0.4 is 24.4 Å². The van der Waals surface area contributed by atoms with E-state index in [-0.39, 0.29) is 11.7 Å². The van der Waals surface area contributed by atoms with Crippen LogP contribution in [0.15, 0.2) is 93.9 Å². The predicted octanol–water partition coefficient (Wildman–Crippen LogP) is 4.65. The van der Waals surface area contributed by atoms with Crippen LogP contribution in [0.2, 0.25) is 0 Å². The fourth-order valence-electron chi connectivity index (χ4n) is 4.67. The molecule has 1 atom stereocenters. The molecule has 0 amide bonds. The zero-order valence-electron chi connectivity index (χ0n) is 23.7. The van der Waals surface area contributed by atoms with Crippen LogP contribution in [0.4, 0.5) is 0 Å². The number of nitriles is 1. The Morgan fingerprint density at radius 3 is 2.48 bits per heavy atom. The van der Waals surface area contributed by atoms with Gasteiger partial charge in [-0.3, -0.25) is 9.36 Å². The maximum Gasteiger partial charge on any atom is 0.338 e. The Hall–Kier alpha value is -4.94. The van der Waals surface area contributed by atoms with Gasteiger partial charge in [-0.05, 0) is 68.3 Å². The molecule has 0 fully saturated rings. The van der Waals surface area contributed by atoms with Gasteiger partial charge >= 0.3 is 5.97 Å². The van der Waals surface area contributed by atoms with E-state index in [1.54, 1.807) is 62.8 Å². The molecule has 0 bridgehead atoms. The average molecular weight is 580 g/mol. The van der Waals surface area contributed by atoms with E-state index in [0.29, 0.717) is 44.3 Å². The SMILES string of the molecule is COc1ccc([C@@H]2C(C(=O)OC(C)C)=C(C)N=c3s/c(=C\c4ccccc4OCc4ccc(C#N)cc4)c(=O)n32)cc1. The van der Waals surface area contributed by atoms with Gasteiger partial charge in [0.05, 0.1) is 46.7 Å². The van der Waals surface area contributed by atoms with Crippen molar-refractivity contribution in [2.45, 2.75) is 39.5 Å². The minimum Gasteiger partial charge on any atom is -0.497 e. The number of esters is 1. The van der Waals surface area contributed by atoms with Crippen molar-refractivity contribution in [2.24, 2.45) is 4.99 Å². The fraction of sp³-hybridized carbons (Fsp3) is 0.212. The lowest BCUT2D eigenvalue weighted by molar-refractivity contribution is -0.143. The fourth-order valence-corrected chi connectivity index (χ4v) is 5.71. The third kappa shape index (κ3) is 5.90. The maximum absolute atomic E-state index is 14.0. The minimum absolute atomic E-state index is 0.274. The van der Waals surface area contributed by atoms with Crippen LogP contribution in [0.5, 0.6) is 11.5 Å². The average Bonchev–Trinajstić information content (AvgIpc) is 3.29. The number of carbonyl (C=O) groups is 1. The summed E-state index contributed by atoms with van der Waals surface area (Å²) in [5, 5.41) is 9.04. The van der Waals surface area contributed by atoms with E-state index in [1.165, 1.54) is 11.3 Å². The topological polar surface area (TPSA) is 103 Å². The first-order chi connectivity index (χ1) is 20.3. The number of allylic oxidation sites excluding steroid dienone is 1. The van der Waals surface area contributed by atoms with Gasteiger partial charge in [-0.25, -0.2) is 9.79 Å². The smallest absolute Gasteiger partial charge is 0.338 e. The molecule has 1 aliphatic rings.